The molecule has 0 aromatic heterocycles. The minimum absolute atomic E-state index is 1.01. The molecule has 4 aromatic carbocycles. The molecule has 4 rings (SSSR count). The molecule has 0 nitrogen and oxygen atoms in total. The minimum Gasteiger partial charge on any atom is -0.0622 e. The second kappa shape index (κ2) is 9.00. The highest BCUT2D eigenvalue weighted by Gasteiger charge is 2.08. The van der Waals surface area contributed by atoms with Crippen LogP contribution in [0.2, 0.25) is 0 Å². The van der Waals surface area contributed by atoms with Crippen molar-refractivity contribution in [3.63, 3.8) is 0 Å². The Balaban J connectivity index is 1.82. The molecule has 0 aliphatic carbocycles. The molecule has 0 bridgehead atoms. The molecule has 0 atom stereocenters. The molecule has 0 heterocycles. The zero-order chi connectivity index (χ0) is 20.8. The Morgan fingerprint density at radius 1 is 0.433 bits per heavy atom. The van der Waals surface area contributed by atoms with Crippen molar-refractivity contribution in [1.29, 1.82) is 0 Å². The molecule has 142 valence electrons. The largest absolute Gasteiger partial charge is 0.0622 e. The fourth-order valence-electron chi connectivity index (χ4n) is 3.31. The van der Waals surface area contributed by atoms with Gasteiger partial charge in [-0.05, 0) is 72.5 Å². The maximum absolute atomic E-state index is 3.39. The predicted octanol–water partition coefficient (Wildman–Crippen LogP) is 6.77. The predicted molar refractivity (Wildman–Crippen MR) is 126 cm³/mol. The van der Waals surface area contributed by atoms with E-state index in [1.165, 1.54) is 11.1 Å². The first-order valence-electron chi connectivity index (χ1n) is 10.0. The molecule has 0 N–H and O–H groups in total. The van der Waals surface area contributed by atoms with E-state index >= 15 is 0 Å². The van der Waals surface area contributed by atoms with Gasteiger partial charge in [0.25, 0.3) is 0 Å². The Bertz CT molecular complexity index is 1180. The van der Waals surface area contributed by atoms with Gasteiger partial charge in [-0.25, -0.2) is 0 Å². The highest BCUT2D eigenvalue weighted by atomic mass is 14.1. The fraction of sp³-hybridized carbons (Fsp3) is 0.0667. The van der Waals surface area contributed by atoms with Gasteiger partial charge < -0.3 is 0 Å². The fourth-order valence-corrected chi connectivity index (χ4v) is 3.31. The topological polar surface area (TPSA) is 0 Å². The van der Waals surface area contributed by atoms with Gasteiger partial charge in [-0.2, -0.15) is 0 Å². The molecule has 0 radical (unpaired) electrons. The Labute approximate surface area is 179 Å². The molecule has 0 saturated carbocycles. The van der Waals surface area contributed by atoms with Crippen molar-refractivity contribution < 1.29 is 0 Å². The highest BCUT2D eigenvalue weighted by Crippen LogP contribution is 2.28. The number of hydrogen-bond donors (Lipinski definition) is 0. The SMILES string of the molecule is Cc1ccc(-c2ccc(C)cc2C#Cc2ccccc2)c(C#Cc2ccccc2)c1. The van der Waals surface area contributed by atoms with Gasteiger partial charge in [-0.15, -0.1) is 0 Å². The Kier molecular flexibility index (Phi) is 5.80. The summed E-state index contributed by atoms with van der Waals surface area (Å²) in [6.07, 6.45) is 0. The molecular weight excluding hydrogens is 360 g/mol. The smallest absolute Gasteiger partial charge is 0.0330 e. The van der Waals surface area contributed by atoms with Crippen molar-refractivity contribution in [2.75, 3.05) is 0 Å². The molecule has 0 fully saturated rings. The van der Waals surface area contributed by atoms with Crippen LogP contribution in [0.1, 0.15) is 33.4 Å². The average Bonchev–Trinajstić information content (AvgIpc) is 2.78. The summed E-state index contributed by atoms with van der Waals surface area (Å²) in [5, 5.41) is 0. The molecule has 0 heteroatoms. The second-order valence-electron chi connectivity index (χ2n) is 7.33. The number of hydrogen-bond acceptors (Lipinski definition) is 0. The van der Waals surface area contributed by atoms with Crippen LogP contribution < -0.4 is 0 Å². The summed E-state index contributed by atoms with van der Waals surface area (Å²) in [6, 6.07) is 33.1. The van der Waals surface area contributed by atoms with Crippen LogP contribution in [-0.2, 0) is 0 Å². The second-order valence-corrected chi connectivity index (χ2v) is 7.33. The van der Waals surface area contributed by atoms with Crippen molar-refractivity contribution in [3.8, 4) is 34.8 Å². The zero-order valence-corrected chi connectivity index (χ0v) is 17.2. The summed E-state index contributed by atoms with van der Waals surface area (Å²) in [5.41, 5.74) is 8.68. The molecule has 0 aliphatic rings. The lowest BCUT2D eigenvalue weighted by molar-refractivity contribution is 1.42. The van der Waals surface area contributed by atoms with Gasteiger partial charge in [0.15, 0.2) is 0 Å². The van der Waals surface area contributed by atoms with Crippen LogP contribution in [0.3, 0.4) is 0 Å². The van der Waals surface area contributed by atoms with E-state index in [1.807, 2.05) is 60.7 Å². The summed E-state index contributed by atoms with van der Waals surface area (Å²) in [7, 11) is 0. The van der Waals surface area contributed by atoms with E-state index in [4.69, 9.17) is 0 Å². The van der Waals surface area contributed by atoms with Crippen LogP contribution in [0.25, 0.3) is 11.1 Å². The van der Waals surface area contributed by atoms with Crippen LogP contribution in [0.15, 0.2) is 97.1 Å². The van der Waals surface area contributed by atoms with Gasteiger partial charge in [0.05, 0.1) is 0 Å². The standard InChI is InChI=1S/C30H22/c1-23-13-19-29(27(21-23)17-15-25-9-5-3-6-10-25)30-20-14-24(2)22-28(30)18-16-26-11-7-4-8-12-26/h3-14,19-22H,1-2H3. The molecule has 30 heavy (non-hydrogen) atoms. The van der Waals surface area contributed by atoms with Crippen molar-refractivity contribution in [1.82, 2.24) is 0 Å². The van der Waals surface area contributed by atoms with Gasteiger partial charge in [0.1, 0.15) is 0 Å². The highest BCUT2D eigenvalue weighted by molar-refractivity contribution is 5.77. The third kappa shape index (κ3) is 4.70. The third-order valence-corrected chi connectivity index (χ3v) is 4.87. The van der Waals surface area contributed by atoms with Crippen LogP contribution in [0.5, 0.6) is 0 Å². The van der Waals surface area contributed by atoms with Crippen LogP contribution in [0.4, 0.5) is 0 Å². The minimum atomic E-state index is 1.01. The molecule has 0 spiro atoms. The zero-order valence-electron chi connectivity index (χ0n) is 17.2. The van der Waals surface area contributed by atoms with Gasteiger partial charge in [0.2, 0.25) is 0 Å². The van der Waals surface area contributed by atoms with Crippen LogP contribution >= 0.6 is 0 Å². The normalized spacial score (nSPS) is 9.80. The van der Waals surface area contributed by atoms with Crippen molar-refractivity contribution in [3.05, 3.63) is 130 Å². The van der Waals surface area contributed by atoms with Crippen LogP contribution in [0, 0.1) is 37.5 Å². The summed E-state index contributed by atoms with van der Waals surface area (Å²) < 4.78 is 0. The molecular formula is C30H22. The average molecular weight is 383 g/mol. The van der Waals surface area contributed by atoms with E-state index in [2.05, 4.69) is 73.9 Å². The Morgan fingerprint density at radius 3 is 1.23 bits per heavy atom. The van der Waals surface area contributed by atoms with Gasteiger partial charge >= 0.3 is 0 Å². The van der Waals surface area contributed by atoms with E-state index < -0.39 is 0 Å². The quantitative estimate of drug-likeness (QED) is 0.319. The van der Waals surface area contributed by atoms with E-state index in [-0.39, 0.29) is 0 Å². The van der Waals surface area contributed by atoms with Gasteiger partial charge in [-0.1, -0.05) is 84.3 Å². The maximum Gasteiger partial charge on any atom is 0.0330 e. The van der Waals surface area contributed by atoms with Crippen molar-refractivity contribution in [2.24, 2.45) is 0 Å². The first-order chi connectivity index (χ1) is 14.7. The van der Waals surface area contributed by atoms with Gasteiger partial charge in [-0.3, -0.25) is 0 Å². The Hall–Kier alpha value is -4.00. The molecule has 0 aliphatic heterocycles. The first-order valence-corrected chi connectivity index (χ1v) is 10.0. The molecule has 0 amide bonds. The number of aryl methyl sites for hydroxylation is 2. The lowest BCUT2D eigenvalue weighted by Crippen LogP contribution is -1.91. The monoisotopic (exact) mass is 382 g/mol. The summed E-state index contributed by atoms with van der Waals surface area (Å²) in [5.74, 6) is 13.4. The Morgan fingerprint density at radius 2 is 0.833 bits per heavy atom. The molecule has 0 saturated heterocycles. The molecule has 0 unspecified atom stereocenters. The summed E-state index contributed by atoms with van der Waals surface area (Å²) >= 11 is 0. The summed E-state index contributed by atoms with van der Waals surface area (Å²) in [6.45, 7) is 4.20. The number of rotatable bonds is 1. The van der Waals surface area contributed by atoms with E-state index in [0.29, 0.717) is 0 Å². The van der Waals surface area contributed by atoms with Crippen molar-refractivity contribution >= 4 is 0 Å². The van der Waals surface area contributed by atoms with E-state index in [9.17, 15) is 0 Å². The lowest BCUT2D eigenvalue weighted by Gasteiger charge is -2.10. The van der Waals surface area contributed by atoms with E-state index in [1.54, 1.807) is 0 Å². The van der Waals surface area contributed by atoms with Gasteiger partial charge in [0, 0.05) is 22.3 Å². The summed E-state index contributed by atoms with van der Waals surface area (Å²) in [4.78, 5) is 0. The third-order valence-electron chi connectivity index (χ3n) is 4.87. The first kappa shape index (κ1) is 19.3. The lowest BCUT2D eigenvalue weighted by atomic mass is 9.93. The van der Waals surface area contributed by atoms with Crippen LogP contribution in [-0.4, -0.2) is 0 Å². The van der Waals surface area contributed by atoms with Crippen molar-refractivity contribution in [2.45, 2.75) is 13.8 Å². The number of benzene rings is 4. The molecule has 4 aromatic rings. The maximum atomic E-state index is 3.39. The van der Waals surface area contributed by atoms with E-state index in [0.717, 1.165) is 33.4 Å².